The third kappa shape index (κ3) is 3.57. The molecule has 7 nitrogen and oxygen atoms in total. The minimum absolute atomic E-state index is 0.0221. The van der Waals surface area contributed by atoms with Crippen LogP contribution < -0.4 is 11.3 Å². The quantitative estimate of drug-likeness (QED) is 0.600. The number of nitrogens with two attached hydrogens (primary N) is 1. The van der Waals surface area contributed by atoms with Crippen molar-refractivity contribution in [1.82, 2.24) is 14.5 Å². The summed E-state index contributed by atoms with van der Waals surface area (Å²) in [6, 6.07) is 0. The molecule has 0 unspecified atom stereocenters. The van der Waals surface area contributed by atoms with Gasteiger partial charge in [0.15, 0.2) is 5.16 Å². The van der Waals surface area contributed by atoms with Crippen LogP contribution in [0.25, 0.3) is 10.2 Å². The summed E-state index contributed by atoms with van der Waals surface area (Å²) >= 11 is 2.90. The Hall–Kier alpha value is -1.87. The first-order valence-electron chi connectivity index (χ1n) is 9.67. The number of nitrogens with zero attached hydrogens (tertiary/aromatic N) is 3. The predicted octanol–water partition coefficient (Wildman–Crippen LogP) is 1.69. The van der Waals surface area contributed by atoms with Crippen molar-refractivity contribution in [3.8, 4) is 0 Å². The summed E-state index contributed by atoms with van der Waals surface area (Å²) in [5.74, 6) is -0.460. The topological polar surface area (TPSA) is 98.3 Å². The van der Waals surface area contributed by atoms with Gasteiger partial charge in [-0.05, 0) is 44.1 Å². The molecule has 2 N–H and O–H groups in total. The monoisotopic (exact) mass is 420 g/mol. The number of amides is 2. The third-order valence-electron chi connectivity index (χ3n) is 5.66. The molecule has 0 bridgehead atoms. The van der Waals surface area contributed by atoms with Crippen molar-refractivity contribution in [1.29, 1.82) is 0 Å². The Balaban J connectivity index is 1.52. The Labute approximate surface area is 171 Å². The van der Waals surface area contributed by atoms with E-state index in [2.05, 4.69) is 0 Å². The zero-order valence-corrected chi connectivity index (χ0v) is 17.5. The first kappa shape index (κ1) is 19.4. The van der Waals surface area contributed by atoms with E-state index in [1.54, 1.807) is 27.9 Å². The Morgan fingerprint density at radius 3 is 2.86 bits per heavy atom. The van der Waals surface area contributed by atoms with Gasteiger partial charge in [0.1, 0.15) is 4.83 Å². The van der Waals surface area contributed by atoms with Crippen LogP contribution in [0.4, 0.5) is 0 Å². The molecule has 0 radical (unpaired) electrons. The number of thioether (sulfide) groups is 1. The van der Waals surface area contributed by atoms with Crippen molar-refractivity contribution in [3.63, 3.8) is 0 Å². The van der Waals surface area contributed by atoms with E-state index < -0.39 is 0 Å². The summed E-state index contributed by atoms with van der Waals surface area (Å²) in [4.78, 5) is 45.4. The summed E-state index contributed by atoms with van der Waals surface area (Å²) in [6.07, 6.45) is 5.78. The maximum Gasteiger partial charge on any atom is 0.262 e. The van der Waals surface area contributed by atoms with Crippen molar-refractivity contribution in [2.75, 3.05) is 18.8 Å². The smallest absolute Gasteiger partial charge is 0.262 e. The highest BCUT2D eigenvalue weighted by molar-refractivity contribution is 7.99. The lowest BCUT2D eigenvalue weighted by Gasteiger charge is -2.31. The van der Waals surface area contributed by atoms with Crippen molar-refractivity contribution >= 4 is 45.1 Å². The fourth-order valence-electron chi connectivity index (χ4n) is 4.05. The number of thiophene rings is 1. The molecule has 1 aliphatic carbocycles. The lowest BCUT2D eigenvalue weighted by atomic mass is 9.97. The molecule has 2 aliphatic rings. The number of aromatic nitrogens is 2. The first-order valence-corrected chi connectivity index (χ1v) is 11.5. The lowest BCUT2D eigenvalue weighted by Crippen LogP contribution is -2.44. The summed E-state index contributed by atoms with van der Waals surface area (Å²) < 4.78 is 1.56. The molecule has 2 amide bonds. The number of carbonyl (C=O) groups is 2. The van der Waals surface area contributed by atoms with Crippen LogP contribution in [0, 0.1) is 5.92 Å². The number of aryl methyl sites for hydroxylation is 2. The van der Waals surface area contributed by atoms with Gasteiger partial charge in [-0.2, -0.15) is 0 Å². The zero-order valence-electron chi connectivity index (χ0n) is 15.9. The van der Waals surface area contributed by atoms with E-state index in [0.717, 1.165) is 42.3 Å². The van der Waals surface area contributed by atoms with Crippen molar-refractivity contribution in [2.24, 2.45) is 18.7 Å². The number of likely N-dealkylation sites (tertiary alicyclic amines) is 1. The fourth-order valence-corrected chi connectivity index (χ4v) is 6.23. The van der Waals surface area contributed by atoms with E-state index in [4.69, 9.17) is 10.7 Å². The molecular formula is C19H24N4O3S2. The van der Waals surface area contributed by atoms with Gasteiger partial charge in [0.2, 0.25) is 11.8 Å². The molecule has 1 aliphatic heterocycles. The average Bonchev–Trinajstić information content (AvgIpc) is 3.07. The maximum atomic E-state index is 12.9. The number of primary amides is 1. The molecule has 9 heteroatoms. The number of piperidine rings is 1. The second-order valence-corrected chi connectivity index (χ2v) is 9.55. The standard InChI is InChI=1S/C19H24N4O3S2/c1-22-18(26)15-12-6-2-3-7-13(12)28-17(15)21-19(22)27-10-14(24)23-8-4-5-11(9-23)16(20)25/h11H,2-10H2,1H3,(H2,20,25)/t11-/m1/s1. The average molecular weight is 421 g/mol. The predicted molar refractivity (Wildman–Crippen MR) is 111 cm³/mol. The lowest BCUT2D eigenvalue weighted by molar-refractivity contribution is -0.132. The Kier molecular flexibility index (Phi) is 5.46. The normalized spacial score (nSPS) is 19.6. The van der Waals surface area contributed by atoms with Crippen molar-refractivity contribution < 1.29 is 9.59 Å². The molecule has 2 aromatic rings. The highest BCUT2D eigenvalue weighted by Crippen LogP contribution is 2.34. The third-order valence-corrected chi connectivity index (χ3v) is 7.86. The van der Waals surface area contributed by atoms with Crippen LogP contribution in [-0.2, 0) is 29.5 Å². The molecule has 4 rings (SSSR count). The molecule has 28 heavy (non-hydrogen) atoms. The van der Waals surface area contributed by atoms with Crippen molar-refractivity contribution in [3.05, 3.63) is 20.8 Å². The molecule has 150 valence electrons. The van der Waals surface area contributed by atoms with Gasteiger partial charge >= 0.3 is 0 Å². The van der Waals surface area contributed by atoms with E-state index in [9.17, 15) is 14.4 Å². The Morgan fingerprint density at radius 2 is 2.07 bits per heavy atom. The van der Waals surface area contributed by atoms with E-state index in [0.29, 0.717) is 18.2 Å². The SMILES string of the molecule is Cn1c(SCC(=O)N2CCC[C@@H](C(N)=O)C2)nc2sc3c(c2c1=O)CCCC3. The largest absolute Gasteiger partial charge is 0.369 e. The highest BCUT2D eigenvalue weighted by Gasteiger charge is 2.27. The summed E-state index contributed by atoms with van der Waals surface area (Å²) in [5, 5.41) is 1.33. The molecule has 1 atom stereocenters. The first-order chi connectivity index (χ1) is 13.5. The molecular weight excluding hydrogens is 396 g/mol. The van der Waals surface area contributed by atoms with Gasteiger partial charge in [-0.25, -0.2) is 4.98 Å². The molecule has 1 saturated heterocycles. The van der Waals surface area contributed by atoms with Gasteiger partial charge < -0.3 is 10.6 Å². The Bertz CT molecular complexity index is 997. The summed E-state index contributed by atoms with van der Waals surface area (Å²) in [5.41, 5.74) is 6.55. The fraction of sp³-hybridized carbons (Fsp3) is 0.579. The van der Waals surface area contributed by atoms with E-state index in [1.807, 2.05) is 0 Å². The van der Waals surface area contributed by atoms with Crippen LogP contribution in [0.1, 0.15) is 36.1 Å². The van der Waals surface area contributed by atoms with Crippen LogP contribution in [-0.4, -0.2) is 45.1 Å². The van der Waals surface area contributed by atoms with Gasteiger partial charge in [0.05, 0.1) is 17.1 Å². The number of rotatable bonds is 4. The van der Waals surface area contributed by atoms with Gasteiger partial charge in [-0.15, -0.1) is 11.3 Å². The Morgan fingerprint density at radius 1 is 1.29 bits per heavy atom. The minimum atomic E-state index is -0.346. The second-order valence-electron chi connectivity index (χ2n) is 7.52. The van der Waals surface area contributed by atoms with Gasteiger partial charge in [0.25, 0.3) is 5.56 Å². The van der Waals surface area contributed by atoms with Gasteiger partial charge in [-0.1, -0.05) is 11.8 Å². The van der Waals surface area contributed by atoms with E-state index in [1.165, 1.54) is 28.6 Å². The molecule has 1 fully saturated rings. The van der Waals surface area contributed by atoms with Gasteiger partial charge in [-0.3, -0.25) is 19.0 Å². The highest BCUT2D eigenvalue weighted by atomic mass is 32.2. The maximum absolute atomic E-state index is 12.9. The molecule has 2 aromatic heterocycles. The molecule has 0 aromatic carbocycles. The summed E-state index contributed by atoms with van der Waals surface area (Å²) in [6.45, 7) is 1.03. The number of hydrogen-bond acceptors (Lipinski definition) is 6. The van der Waals surface area contributed by atoms with Crippen molar-refractivity contribution in [2.45, 2.75) is 43.7 Å². The molecule has 0 saturated carbocycles. The molecule has 0 spiro atoms. The number of hydrogen-bond donors (Lipinski definition) is 1. The second kappa shape index (κ2) is 7.87. The summed E-state index contributed by atoms with van der Waals surface area (Å²) in [7, 11) is 1.72. The van der Waals surface area contributed by atoms with Crippen LogP contribution in [0.15, 0.2) is 9.95 Å². The van der Waals surface area contributed by atoms with Crippen LogP contribution >= 0.6 is 23.1 Å². The van der Waals surface area contributed by atoms with Gasteiger partial charge in [0, 0.05) is 25.0 Å². The van der Waals surface area contributed by atoms with E-state index in [-0.39, 0.29) is 29.0 Å². The van der Waals surface area contributed by atoms with Crippen LogP contribution in [0.5, 0.6) is 0 Å². The van der Waals surface area contributed by atoms with E-state index >= 15 is 0 Å². The van der Waals surface area contributed by atoms with Crippen LogP contribution in [0.2, 0.25) is 0 Å². The van der Waals surface area contributed by atoms with Crippen LogP contribution in [0.3, 0.4) is 0 Å². The number of fused-ring (bicyclic) bond motifs is 3. The number of carbonyl (C=O) groups excluding carboxylic acids is 2. The minimum Gasteiger partial charge on any atom is -0.369 e. The zero-order chi connectivity index (χ0) is 19.8. The molecule has 3 heterocycles.